The van der Waals surface area contributed by atoms with Gasteiger partial charge in [-0.15, -0.1) is 10.2 Å². The average Bonchev–Trinajstić information content (AvgIpc) is 3.22. The molecule has 0 aliphatic heterocycles. The summed E-state index contributed by atoms with van der Waals surface area (Å²) < 4.78 is 0.896. The Balaban J connectivity index is 1.55. The van der Waals surface area contributed by atoms with Crippen LogP contribution in [0.2, 0.25) is 10.0 Å². The van der Waals surface area contributed by atoms with Crippen molar-refractivity contribution in [1.29, 1.82) is 0 Å². The van der Waals surface area contributed by atoms with Crippen LogP contribution >= 0.6 is 46.3 Å². The van der Waals surface area contributed by atoms with Crippen molar-refractivity contribution in [3.63, 3.8) is 0 Å². The minimum absolute atomic E-state index is 0.0163. The highest BCUT2D eigenvalue weighted by Crippen LogP contribution is 2.49. The van der Waals surface area contributed by atoms with Crippen LogP contribution < -0.4 is 5.32 Å². The van der Waals surface area contributed by atoms with E-state index in [0.717, 1.165) is 34.9 Å². The molecule has 0 spiro atoms. The summed E-state index contributed by atoms with van der Waals surface area (Å²) in [6, 6.07) is 5.45. The molecular weight excluding hydrogens is 385 g/mol. The predicted octanol–water partition coefficient (Wildman–Crippen LogP) is 5.48. The van der Waals surface area contributed by atoms with Gasteiger partial charge < -0.3 is 5.32 Å². The fourth-order valence-corrected chi connectivity index (χ4v) is 4.91. The highest BCUT2D eigenvalue weighted by Gasteiger charge is 2.44. The Morgan fingerprint density at radius 2 is 2.08 bits per heavy atom. The maximum atomic E-state index is 12.4. The van der Waals surface area contributed by atoms with Crippen molar-refractivity contribution in [2.75, 3.05) is 11.1 Å². The molecule has 1 aliphatic rings. The van der Waals surface area contributed by atoms with Crippen molar-refractivity contribution in [2.24, 2.45) is 5.92 Å². The zero-order chi connectivity index (χ0) is 17.1. The molecule has 0 bridgehead atoms. The number of benzene rings is 1. The number of halogens is 2. The van der Waals surface area contributed by atoms with Gasteiger partial charge in [0.05, 0.1) is 0 Å². The Hall–Kier alpha value is -0.820. The number of hydrogen-bond acceptors (Lipinski definition) is 5. The third-order valence-corrected chi connectivity index (χ3v) is 6.29. The van der Waals surface area contributed by atoms with E-state index in [4.69, 9.17) is 23.2 Å². The Labute approximate surface area is 159 Å². The lowest BCUT2D eigenvalue weighted by atomic mass is 10.1. The second-order valence-electron chi connectivity index (χ2n) is 5.72. The van der Waals surface area contributed by atoms with E-state index in [2.05, 4.69) is 22.4 Å². The number of amides is 1. The summed E-state index contributed by atoms with van der Waals surface area (Å²) in [4.78, 5) is 12.4. The number of aromatic nitrogens is 2. The largest absolute Gasteiger partial charge is 0.300 e. The van der Waals surface area contributed by atoms with E-state index in [-0.39, 0.29) is 17.7 Å². The molecule has 1 N–H and O–H groups in total. The van der Waals surface area contributed by atoms with Gasteiger partial charge in [-0.3, -0.25) is 4.79 Å². The van der Waals surface area contributed by atoms with E-state index < -0.39 is 0 Å². The maximum Gasteiger partial charge on any atom is 0.229 e. The fourth-order valence-electron chi connectivity index (χ4n) is 2.46. The number of nitrogens with zero attached hydrogens (tertiary/aromatic N) is 2. The average molecular weight is 402 g/mol. The third kappa shape index (κ3) is 4.63. The number of rotatable bonds is 7. The molecule has 1 fully saturated rings. The van der Waals surface area contributed by atoms with Gasteiger partial charge in [0.25, 0.3) is 0 Å². The second kappa shape index (κ2) is 8.04. The number of anilines is 1. The molecule has 3 rings (SSSR count). The lowest BCUT2D eigenvalue weighted by molar-refractivity contribution is -0.117. The molecule has 1 amide bonds. The molecule has 8 heteroatoms. The highest BCUT2D eigenvalue weighted by molar-refractivity contribution is 8.01. The first kappa shape index (κ1) is 18.0. The summed E-state index contributed by atoms with van der Waals surface area (Å²) in [5.41, 5.74) is 1.01. The quantitative estimate of drug-likeness (QED) is 0.379. The molecule has 1 heterocycles. The first-order valence-corrected chi connectivity index (χ1v) is 10.4. The van der Waals surface area contributed by atoms with Crippen LogP contribution in [0.5, 0.6) is 0 Å². The predicted molar refractivity (Wildman–Crippen MR) is 101 cm³/mol. The third-order valence-electron chi connectivity index (χ3n) is 3.80. The van der Waals surface area contributed by atoms with Gasteiger partial charge in [0, 0.05) is 21.7 Å². The van der Waals surface area contributed by atoms with Gasteiger partial charge in [-0.05, 0) is 42.5 Å². The Kier molecular flexibility index (Phi) is 6.02. The summed E-state index contributed by atoms with van der Waals surface area (Å²) in [6.45, 7) is 2.16. The first-order chi connectivity index (χ1) is 11.6. The molecule has 1 saturated carbocycles. The number of carbonyl (C=O) groups excluding carboxylic acids is 1. The molecule has 0 radical (unpaired) electrons. The van der Waals surface area contributed by atoms with Crippen molar-refractivity contribution in [1.82, 2.24) is 10.2 Å². The maximum absolute atomic E-state index is 12.4. The van der Waals surface area contributed by atoms with Crippen LogP contribution in [0.15, 0.2) is 22.5 Å². The molecule has 0 saturated heterocycles. The summed E-state index contributed by atoms with van der Waals surface area (Å²) in [5.74, 6) is 1.13. The van der Waals surface area contributed by atoms with Crippen LogP contribution in [-0.4, -0.2) is 21.9 Å². The first-order valence-electron chi connectivity index (χ1n) is 7.80. The monoisotopic (exact) mass is 401 g/mol. The van der Waals surface area contributed by atoms with Crippen LogP contribution in [0.1, 0.15) is 37.7 Å². The number of unbranched alkanes of at least 4 members (excludes halogenated alkanes) is 1. The SMILES string of the molecule is CCCCSc1nnc(NC(=O)[C@@H]2C[C@@H]2c2cc(Cl)cc(Cl)c2)s1. The van der Waals surface area contributed by atoms with E-state index in [0.29, 0.717) is 15.2 Å². The molecule has 2 atom stereocenters. The Morgan fingerprint density at radius 3 is 2.79 bits per heavy atom. The van der Waals surface area contributed by atoms with E-state index in [9.17, 15) is 4.79 Å². The second-order valence-corrected chi connectivity index (χ2v) is 8.91. The van der Waals surface area contributed by atoms with Crippen LogP contribution in [-0.2, 0) is 4.79 Å². The van der Waals surface area contributed by atoms with Gasteiger partial charge in [0.1, 0.15) is 0 Å². The molecule has 1 aromatic heterocycles. The van der Waals surface area contributed by atoms with E-state index in [1.807, 2.05) is 12.1 Å². The number of carbonyl (C=O) groups is 1. The molecule has 128 valence electrons. The number of thioether (sulfide) groups is 1. The summed E-state index contributed by atoms with van der Waals surface area (Å²) in [5, 5.41) is 12.8. The Morgan fingerprint density at radius 1 is 1.33 bits per heavy atom. The van der Waals surface area contributed by atoms with Crippen molar-refractivity contribution in [3.05, 3.63) is 33.8 Å². The summed E-state index contributed by atoms with van der Waals surface area (Å²) in [7, 11) is 0. The van der Waals surface area contributed by atoms with Crippen LogP contribution in [0.3, 0.4) is 0 Å². The van der Waals surface area contributed by atoms with Crippen LogP contribution in [0, 0.1) is 5.92 Å². The van der Waals surface area contributed by atoms with E-state index >= 15 is 0 Å². The van der Waals surface area contributed by atoms with Crippen molar-refractivity contribution < 1.29 is 4.79 Å². The lowest BCUT2D eigenvalue weighted by Gasteiger charge is -2.03. The van der Waals surface area contributed by atoms with Gasteiger partial charge in [-0.25, -0.2) is 0 Å². The molecule has 1 aromatic carbocycles. The highest BCUT2D eigenvalue weighted by atomic mass is 35.5. The Bertz CT molecular complexity index is 718. The molecular formula is C16H17Cl2N3OS2. The summed E-state index contributed by atoms with van der Waals surface area (Å²) >= 11 is 15.2. The fraction of sp³-hybridized carbons (Fsp3) is 0.438. The van der Waals surface area contributed by atoms with Gasteiger partial charge >= 0.3 is 0 Å². The minimum Gasteiger partial charge on any atom is -0.300 e. The van der Waals surface area contributed by atoms with Crippen LogP contribution in [0.25, 0.3) is 0 Å². The molecule has 4 nitrogen and oxygen atoms in total. The topological polar surface area (TPSA) is 54.9 Å². The minimum atomic E-state index is -0.0559. The van der Waals surface area contributed by atoms with Gasteiger partial charge in [-0.1, -0.05) is 59.6 Å². The van der Waals surface area contributed by atoms with Crippen LogP contribution in [0.4, 0.5) is 5.13 Å². The van der Waals surface area contributed by atoms with Crippen molar-refractivity contribution >= 4 is 57.3 Å². The standard InChI is InChI=1S/C16H17Cl2N3OS2/c1-2-3-4-23-16-21-20-15(24-16)19-14(22)13-8-12(13)9-5-10(17)7-11(18)6-9/h5-7,12-13H,2-4,8H2,1H3,(H,19,20,22)/t12-,13-/m1/s1. The molecule has 0 unspecified atom stereocenters. The van der Waals surface area contributed by atoms with Gasteiger partial charge in [0.15, 0.2) is 4.34 Å². The van der Waals surface area contributed by atoms with Crippen molar-refractivity contribution in [2.45, 2.75) is 36.4 Å². The normalized spacial score (nSPS) is 19.3. The van der Waals surface area contributed by atoms with E-state index in [1.54, 1.807) is 17.8 Å². The van der Waals surface area contributed by atoms with Crippen molar-refractivity contribution in [3.8, 4) is 0 Å². The number of nitrogens with one attached hydrogen (secondary N) is 1. The molecule has 2 aromatic rings. The zero-order valence-electron chi connectivity index (χ0n) is 13.1. The number of hydrogen-bond donors (Lipinski definition) is 1. The smallest absolute Gasteiger partial charge is 0.229 e. The molecule has 24 heavy (non-hydrogen) atoms. The summed E-state index contributed by atoms with van der Waals surface area (Å²) in [6.07, 6.45) is 3.11. The van der Waals surface area contributed by atoms with E-state index in [1.165, 1.54) is 11.3 Å². The lowest BCUT2D eigenvalue weighted by Crippen LogP contribution is -2.14. The van der Waals surface area contributed by atoms with Gasteiger partial charge in [0.2, 0.25) is 11.0 Å². The van der Waals surface area contributed by atoms with Gasteiger partial charge in [-0.2, -0.15) is 0 Å². The zero-order valence-corrected chi connectivity index (χ0v) is 16.2. The molecule has 1 aliphatic carbocycles.